The number of halogens is 2. The van der Waals surface area contributed by atoms with E-state index >= 15 is 0 Å². The van der Waals surface area contributed by atoms with Crippen molar-refractivity contribution in [3.8, 4) is 0 Å². The summed E-state index contributed by atoms with van der Waals surface area (Å²) in [5.41, 5.74) is 0.995. The third-order valence-electron chi connectivity index (χ3n) is 5.34. The van der Waals surface area contributed by atoms with Crippen molar-refractivity contribution < 1.29 is 8.78 Å². The summed E-state index contributed by atoms with van der Waals surface area (Å²) in [6, 6.07) is 10.3. The first-order valence-electron chi connectivity index (χ1n) is 10.1. The molecule has 1 aromatic carbocycles. The van der Waals surface area contributed by atoms with Crippen molar-refractivity contribution in [1.82, 2.24) is 0 Å². The molecule has 0 aromatic heterocycles. The molecule has 142 valence electrons. The van der Waals surface area contributed by atoms with Gasteiger partial charge in [-0.05, 0) is 24.5 Å². The van der Waals surface area contributed by atoms with E-state index in [0.29, 0.717) is 6.42 Å². The predicted octanol–water partition coefficient (Wildman–Crippen LogP) is 8.19. The van der Waals surface area contributed by atoms with Gasteiger partial charge in [0.25, 0.3) is 6.08 Å². The first-order valence-corrected chi connectivity index (χ1v) is 10.1. The molecule has 0 unspecified atom stereocenters. The highest BCUT2D eigenvalue weighted by Crippen LogP contribution is 2.39. The summed E-state index contributed by atoms with van der Waals surface area (Å²) in [5, 5.41) is 0. The van der Waals surface area contributed by atoms with Crippen molar-refractivity contribution >= 4 is 0 Å². The molecule has 0 saturated heterocycles. The standard InChI is InChI=1S/C24H32F2/c1-2-3-4-5-6-7-11-17-24(20-16-23(25)26)18-14-22(15-19-24)21-12-9-8-10-13-21/h8-10,12-16,18-19,22H,2-7,11,17,20H2,1H3. The lowest BCUT2D eigenvalue weighted by Gasteiger charge is -2.30. The second-order valence-corrected chi connectivity index (χ2v) is 7.46. The number of allylic oxidation sites excluding steroid dienone is 5. The molecule has 26 heavy (non-hydrogen) atoms. The maximum absolute atomic E-state index is 12.7. The van der Waals surface area contributed by atoms with Crippen LogP contribution in [0.2, 0.25) is 0 Å². The van der Waals surface area contributed by atoms with Gasteiger partial charge in [0.2, 0.25) is 0 Å². The van der Waals surface area contributed by atoms with Crippen LogP contribution >= 0.6 is 0 Å². The minimum Gasteiger partial charge on any atom is -0.174 e. The van der Waals surface area contributed by atoms with E-state index in [9.17, 15) is 8.78 Å². The van der Waals surface area contributed by atoms with Crippen LogP contribution in [0, 0.1) is 5.41 Å². The predicted molar refractivity (Wildman–Crippen MR) is 107 cm³/mol. The number of benzene rings is 1. The Balaban J connectivity index is 1.92. The molecule has 1 aliphatic rings. The summed E-state index contributed by atoms with van der Waals surface area (Å²) in [7, 11) is 0. The Kier molecular flexibility index (Phi) is 8.80. The molecule has 0 aliphatic heterocycles. The Morgan fingerprint density at radius 3 is 2.15 bits per heavy atom. The van der Waals surface area contributed by atoms with E-state index < -0.39 is 6.08 Å². The van der Waals surface area contributed by atoms with Gasteiger partial charge >= 0.3 is 0 Å². The van der Waals surface area contributed by atoms with E-state index in [2.05, 4.69) is 43.4 Å². The molecule has 0 saturated carbocycles. The van der Waals surface area contributed by atoms with Crippen LogP contribution in [0.1, 0.15) is 76.2 Å². The lowest BCUT2D eigenvalue weighted by atomic mass is 9.74. The molecule has 0 nitrogen and oxygen atoms in total. The molecule has 1 aliphatic carbocycles. The third-order valence-corrected chi connectivity index (χ3v) is 5.34. The molecule has 0 heterocycles. The van der Waals surface area contributed by atoms with Gasteiger partial charge in [-0.15, -0.1) is 0 Å². The SMILES string of the molecule is CCCCCCCCCC1(CC=C(F)F)C=CC(c2ccccc2)C=C1. The van der Waals surface area contributed by atoms with Gasteiger partial charge < -0.3 is 0 Å². The van der Waals surface area contributed by atoms with E-state index in [4.69, 9.17) is 0 Å². The van der Waals surface area contributed by atoms with E-state index in [0.717, 1.165) is 18.9 Å². The quantitative estimate of drug-likeness (QED) is 0.276. The monoisotopic (exact) mass is 358 g/mol. The summed E-state index contributed by atoms with van der Waals surface area (Å²) in [5.74, 6) is 0.248. The van der Waals surface area contributed by atoms with Crippen LogP contribution in [0.3, 0.4) is 0 Å². The highest BCUT2D eigenvalue weighted by atomic mass is 19.3. The Morgan fingerprint density at radius 2 is 1.54 bits per heavy atom. The topological polar surface area (TPSA) is 0 Å². The minimum atomic E-state index is -1.57. The number of rotatable bonds is 11. The molecular weight excluding hydrogens is 326 g/mol. The Bertz CT molecular complexity index is 580. The minimum absolute atomic E-state index is 0.248. The average Bonchev–Trinajstić information content (AvgIpc) is 2.67. The fourth-order valence-corrected chi connectivity index (χ4v) is 3.69. The number of hydrogen-bond acceptors (Lipinski definition) is 0. The van der Waals surface area contributed by atoms with Crippen LogP contribution < -0.4 is 0 Å². The van der Waals surface area contributed by atoms with Crippen LogP contribution in [0.4, 0.5) is 8.78 Å². The van der Waals surface area contributed by atoms with Crippen LogP contribution in [0.5, 0.6) is 0 Å². The smallest absolute Gasteiger partial charge is 0.174 e. The van der Waals surface area contributed by atoms with E-state index in [-0.39, 0.29) is 11.3 Å². The Hall–Kier alpha value is -1.70. The molecule has 0 spiro atoms. The van der Waals surface area contributed by atoms with Crippen molar-refractivity contribution in [1.29, 1.82) is 0 Å². The zero-order chi connectivity index (χ0) is 18.7. The van der Waals surface area contributed by atoms with Gasteiger partial charge in [-0.25, -0.2) is 0 Å². The zero-order valence-corrected chi connectivity index (χ0v) is 16.0. The molecule has 0 bridgehead atoms. The van der Waals surface area contributed by atoms with Crippen LogP contribution in [0.15, 0.2) is 66.8 Å². The normalized spacial score (nSPS) is 21.7. The van der Waals surface area contributed by atoms with Gasteiger partial charge in [0.05, 0.1) is 0 Å². The average molecular weight is 359 g/mol. The summed E-state index contributed by atoms with van der Waals surface area (Å²) in [4.78, 5) is 0. The lowest BCUT2D eigenvalue weighted by molar-refractivity contribution is 0.385. The fraction of sp³-hybridized carbons (Fsp3) is 0.500. The fourth-order valence-electron chi connectivity index (χ4n) is 3.69. The Labute approximate surface area is 157 Å². The van der Waals surface area contributed by atoms with Gasteiger partial charge in [0.1, 0.15) is 0 Å². The van der Waals surface area contributed by atoms with Crippen LogP contribution in [-0.2, 0) is 0 Å². The number of unbranched alkanes of at least 4 members (excludes halogenated alkanes) is 6. The second kappa shape index (κ2) is 11.1. The molecule has 0 amide bonds. The summed E-state index contributed by atoms with van der Waals surface area (Å²) < 4.78 is 25.4. The zero-order valence-electron chi connectivity index (χ0n) is 16.0. The van der Waals surface area contributed by atoms with Crippen molar-refractivity contribution in [3.05, 3.63) is 72.4 Å². The van der Waals surface area contributed by atoms with E-state index in [1.807, 2.05) is 18.2 Å². The van der Waals surface area contributed by atoms with Gasteiger partial charge in [-0.3, -0.25) is 0 Å². The Morgan fingerprint density at radius 1 is 0.923 bits per heavy atom. The second-order valence-electron chi connectivity index (χ2n) is 7.46. The lowest BCUT2D eigenvalue weighted by Crippen LogP contribution is -2.17. The van der Waals surface area contributed by atoms with Crippen molar-refractivity contribution in [2.75, 3.05) is 0 Å². The maximum atomic E-state index is 12.7. The summed E-state index contributed by atoms with van der Waals surface area (Å²) >= 11 is 0. The first kappa shape index (κ1) is 20.6. The van der Waals surface area contributed by atoms with Crippen LogP contribution in [-0.4, -0.2) is 0 Å². The maximum Gasteiger partial charge on any atom is 0.266 e. The first-order chi connectivity index (χ1) is 12.7. The molecule has 2 rings (SSSR count). The molecule has 1 aromatic rings. The van der Waals surface area contributed by atoms with E-state index in [1.165, 1.54) is 44.1 Å². The van der Waals surface area contributed by atoms with Gasteiger partial charge in [-0.1, -0.05) is 107 Å². The van der Waals surface area contributed by atoms with Crippen LogP contribution in [0.25, 0.3) is 0 Å². The summed E-state index contributed by atoms with van der Waals surface area (Å²) in [6.07, 6.45) is 18.3. The van der Waals surface area contributed by atoms with Crippen molar-refractivity contribution in [2.45, 2.75) is 70.6 Å². The molecule has 2 heteroatoms. The highest BCUT2D eigenvalue weighted by Gasteiger charge is 2.26. The highest BCUT2D eigenvalue weighted by molar-refractivity contribution is 5.34. The molecule has 0 N–H and O–H groups in total. The molecule has 0 radical (unpaired) electrons. The van der Waals surface area contributed by atoms with Crippen molar-refractivity contribution in [3.63, 3.8) is 0 Å². The van der Waals surface area contributed by atoms with E-state index in [1.54, 1.807) is 0 Å². The summed E-state index contributed by atoms with van der Waals surface area (Å²) in [6.45, 7) is 2.23. The van der Waals surface area contributed by atoms with Gasteiger partial charge in [0.15, 0.2) is 0 Å². The third kappa shape index (κ3) is 6.90. The van der Waals surface area contributed by atoms with Crippen molar-refractivity contribution in [2.24, 2.45) is 5.41 Å². The van der Waals surface area contributed by atoms with Gasteiger partial charge in [-0.2, -0.15) is 8.78 Å². The molecule has 0 atom stereocenters. The van der Waals surface area contributed by atoms with Gasteiger partial charge in [0, 0.05) is 11.3 Å². The number of hydrogen-bond donors (Lipinski definition) is 0. The molecular formula is C24H32F2. The largest absolute Gasteiger partial charge is 0.266 e. The molecule has 0 fully saturated rings.